The predicted octanol–water partition coefficient (Wildman–Crippen LogP) is 5.22. The van der Waals surface area contributed by atoms with E-state index in [-0.39, 0.29) is 17.9 Å². The predicted molar refractivity (Wildman–Crippen MR) is 145 cm³/mol. The Balaban J connectivity index is 1.32. The average Bonchev–Trinajstić information content (AvgIpc) is 3.28. The number of methoxy groups -OCH3 is 1. The van der Waals surface area contributed by atoms with Crippen molar-refractivity contribution in [3.63, 3.8) is 0 Å². The molecule has 3 aliphatic rings. The van der Waals surface area contributed by atoms with E-state index in [0.717, 1.165) is 79.6 Å². The fourth-order valence-corrected chi connectivity index (χ4v) is 6.06. The third-order valence-corrected chi connectivity index (χ3v) is 8.16. The molecule has 194 valence electrons. The van der Waals surface area contributed by atoms with E-state index in [1.54, 1.807) is 13.3 Å². The minimum atomic E-state index is 0.0138. The number of nitrogens with one attached hydrogen (secondary N) is 1. The van der Waals surface area contributed by atoms with Crippen LogP contribution in [0.5, 0.6) is 0 Å². The molecular formula is C29H36N6O2. The number of ether oxygens (including phenoxy) is 1. The molecule has 0 atom stereocenters. The van der Waals surface area contributed by atoms with Crippen molar-refractivity contribution in [2.24, 2.45) is 5.92 Å². The Kier molecular flexibility index (Phi) is 6.36. The highest BCUT2D eigenvalue weighted by Gasteiger charge is 2.33. The van der Waals surface area contributed by atoms with Gasteiger partial charge in [0.25, 0.3) is 0 Å². The lowest BCUT2D eigenvalue weighted by molar-refractivity contribution is -0.124. The number of hydrogen-bond acceptors (Lipinski definition) is 6. The second-order valence-corrected chi connectivity index (χ2v) is 10.8. The molecule has 8 heteroatoms. The van der Waals surface area contributed by atoms with Crippen molar-refractivity contribution in [2.45, 2.75) is 71.2 Å². The van der Waals surface area contributed by atoms with Crippen molar-refractivity contribution >= 4 is 28.8 Å². The van der Waals surface area contributed by atoms with Gasteiger partial charge < -0.3 is 24.4 Å². The van der Waals surface area contributed by atoms with Gasteiger partial charge in [0.05, 0.1) is 42.5 Å². The Morgan fingerprint density at radius 3 is 2.70 bits per heavy atom. The van der Waals surface area contributed by atoms with Crippen molar-refractivity contribution in [2.75, 3.05) is 28.8 Å². The summed E-state index contributed by atoms with van der Waals surface area (Å²) < 4.78 is 7.92. The molecule has 4 heterocycles. The van der Waals surface area contributed by atoms with Gasteiger partial charge in [-0.25, -0.2) is 9.97 Å². The zero-order valence-electron chi connectivity index (χ0n) is 22.0. The number of amides is 1. The van der Waals surface area contributed by atoms with Crippen LogP contribution in [0.4, 0.5) is 22.9 Å². The second kappa shape index (κ2) is 9.82. The SMILES string of the molecule is CO[C@H]1CC[C@H](C(=O)N2Cc3cccnc3Nc3ccc(N4CCn5c(cnc5C(C)C)C4)cc32)CC1. The van der Waals surface area contributed by atoms with Gasteiger partial charge in [0, 0.05) is 49.5 Å². The summed E-state index contributed by atoms with van der Waals surface area (Å²) in [6.45, 7) is 7.54. The topological polar surface area (TPSA) is 75.5 Å². The lowest BCUT2D eigenvalue weighted by atomic mass is 9.86. The monoisotopic (exact) mass is 500 g/mol. The summed E-state index contributed by atoms with van der Waals surface area (Å²) in [4.78, 5) is 27.6. The van der Waals surface area contributed by atoms with Gasteiger partial charge in [-0.3, -0.25) is 4.79 Å². The number of hydrogen-bond donors (Lipinski definition) is 1. The van der Waals surface area contributed by atoms with E-state index in [1.165, 1.54) is 5.69 Å². The van der Waals surface area contributed by atoms with E-state index >= 15 is 0 Å². The van der Waals surface area contributed by atoms with Crippen LogP contribution in [0, 0.1) is 5.92 Å². The third kappa shape index (κ3) is 4.48. The zero-order valence-corrected chi connectivity index (χ0v) is 22.0. The van der Waals surface area contributed by atoms with Crippen molar-refractivity contribution < 1.29 is 9.53 Å². The quantitative estimate of drug-likeness (QED) is 0.530. The molecule has 0 bridgehead atoms. The number of imidazole rings is 1. The molecule has 6 rings (SSSR count). The van der Waals surface area contributed by atoms with Crippen LogP contribution >= 0.6 is 0 Å². The highest BCUT2D eigenvalue weighted by molar-refractivity contribution is 6.00. The van der Waals surface area contributed by atoms with E-state index in [9.17, 15) is 4.79 Å². The largest absolute Gasteiger partial charge is 0.381 e. The number of aromatic nitrogens is 3. The molecule has 0 saturated heterocycles. The Labute approximate surface area is 218 Å². The van der Waals surface area contributed by atoms with E-state index < -0.39 is 0 Å². The number of nitrogens with zero attached hydrogens (tertiary/aromatic N) is 5. The smallest absolute Gasteiger partial charge is 0.230 e. The summed E-state index contributed by atoms with van der Waals surface area (Å²) in [5.74, 6) is 2.60. The standard InChI is InChI=1S/C29H36N6O2/c1-19(2)28-31-16-23-18-33(13-14-34(23)28)22-8-11-25-26(15-22)35(17-21-5-4-12-30-27(21)32-25)29(36)20-6-9-24(37-3)10-7-20/h4-5,8,11-12,15-16,19-20,24H,6-7,9-10,13-14,17-18H2,1-3H3,(H,30,32)/t20-,24-. The summed E-state index contributed by atoms with van der Waals surface area (Å²) in [5, 5.41) is 3.51. The average molecular weight is 501 g/mol. The molecule has 1 amide bonds. The molecule has 2 aliphatic heterocycles. The van der Waals surface area contributed by atoms with Crippen molar-refractivity contribution in [3.8, 4) is 0 Å². The summed E-state index contributed by atoms with van der Waals surface area (Å²) >= 11 is 0. The van der Waals surface area contributed by atoms with E-state index in [1.807, 2.05) is 17.2 Å². The van der Waals surface area contributed by atoms with Crippen LogP contribution in [-0.4, -0.2) is 40.2 Å². The summed E-state index contributed by atoms with van der Waals surface area (Å²) in [7, 11) is 1.77. The maximum Gasteiger partial charge on any atom is 0.230 e. The molecule has 3 aromatic rings. The minimum absolute atomic E-state index is 0.0138. The number of rotatable bonds is 4. The van der Waals surface area contributed by atoms with Gasteiger partial charge >= 0.3 is 0 Å². The Bertz CT molecular complexity index is 1290. The molecule has 1 aromatic carbocycles. The van der Waals surface area contributed by atoms with Crippen LogP contribution in [-0.2, 0) is 29.2 Å². The zero-order chi connectivity index (χ0) is 25.5. The van der Waals surface area contributed by atoms with E-state index in [0.29, 0.717) is 12.5 Å². The Morgan fingerprint density at radius 1 is 1.08 bits per heavy atom. The summed E-state index contributed by atoms with van der Waals surface area (Å²) in [6.07, 6.45) is 7.68. The fraction of sp³-hybridized carbons (Fsp3) is 0.483. The molecule has 1 fully saturated rings. The van der Waals surface area contributed by atoms with Crippen LogP contribution in [0.2, 0.25) is 0 Å². The highest BCUT2D eigenvalue weighted by Crippen LogP contribution is 2.40. The Hall–Kier alpha value is -3.39. The lowest BCUT2D eigenvalue weighted by Gasteiger charge is -2.34. The highest BCUT2D eigenvalue weighted by atomic mass is 16.5. The molecule has 1 N–H and O–H groups in total. The molecule has 37 heavy (non-hydrogen) atoms. The number of pyridine rings is 1. The first kappa shape index (κ1) is 24.0. The number of benzene rings is 1. The van der Waals surface area contributed by atoms with Crippen molar-refractivity contribution in [1.82, 2.24) is 14.5 Å². The Morgan fingerprint density at radius 2 is 1.92 bits per heavy atom. The van der Waals surface area contributed by atoms with Crippen LogP contribution in [0.25, 0.3) is 0 Å². The fourth-order valence-electron chi connectivity index (χ4n) is 6.06. The number of anilines is 4. The maximum atomic E-state index is 14.0. The van der Waals surface area contributed by atoms with Crippen molar-refractivity contribution in [3.05, 3.63) is 59.8 Å². The second-order valence-electron chi connectivity index (χ2n) is 10.8. The van der Waals surface area contributed by atoms with Gasteiger partial charge in [0.15, 0.2) is 0 Å². The molecule has 1 aliphatic carbocycles. The third-order valence-electron chi connectivity index (χ3n) is 8.16. The molecule has 0 radical (unpaired) electrons. The normalized spacial score (nSPS) is 21.1. The van der Waals surface area contributed by atoms with E-state index in [4.69, 9.17) is 4.74 Å². The molecule has 8 nitrogen and oxygen atoms in total. The minimum Gasteiger partial charge on any atom is -0.381 e. The van der Waals surface area contributed by atoms with Gasteiger partial charge in [-0.1, -0.05) is 19.9 Å². The molecular weight excluding hydrogens is 464 g/mol. The van der Waals surface area contributed by atoms with E-state index in [2.05, 4.69) is 62.9 Å². The number of carbonyl (C=O) groups is 1. The van der Waals surface area contributed by atoms with Gasteiger partial charge in [0.2, 0.25) is 5.91 Å². The molecule has 0 unspecified atom stereocenters. The first-order valence-corrected chi connectivity index (χ1v) is 13.5. The molecule has 1 saturated carbocycles. The van der Waals surface area contributed by atoms with Crippen LogP contribution in [0.3, 0.4) is 0 Å². The van der Waals surface area contributed by atoms with Crippen LogP contribution in [0.15, 0.2) is 42.7 Å². The first-order chi connectivity index (χ1) is 18.0. The van der Waals surface area contributed by atoms with Crippen LogP contribution in [0.1, 0.15) is 62.5 Å². The van der Waals surface area contributed by atoms with Gasteiger partial charge in [-0.2, -0.15) is 0 Å². The lowest BCUT2D eigenvalue weighted by Crippen LogP contribution is -2.38. The first-order valence-electron chi connectivity index (χ1n) is 13.5. The summed E-state index contributed by atoms with van der Waals surface area (Å²) in [6, 6.07) is 10.4. The van der Waals surface area contributed by atoms with Gasteiger partial charge in [0.1, 0.15) is 11.6 Å². The van der Waals surface area contributed by atoms with Crippen LogP contribution < -0.4 is 15.1 Å². The van der Waals surface area contributed by atoms with Crippen molar-refractivity contribution in [1.29, 1.82) is 0 Å². The van der Waals surface area contributed by atoms with Gasteiger partial charge in [-0.15, -0.1) is 0 Å². The van der Waals surface area contributed by atoms with Gasteiger partial charge in [-0.05, 0) is 49.9 Å². The maximum absolute atomic E-state index is 14.0. The molecule has 0 spiro atoms. The summed E-state index contributed by atoms with van der Waals surface area (Å²) in [5.41, 5.74) is 5.24. The number of carbonyl (C=O) groups excluding carboxylic acids is 1. The molecule has 2 aromatic heterocycles. The number of fused-ring (bicyclic) bond motifs is 3.